The average Bonchev–Trinajstić information content (AvgIpc) is 3.30. The van der Waals surface area contributed by atoms with Crippen LogP contribution < -0.4 is 9.54 Å². The van der Waals surface area contributed by atoms with Gasteiger partial charge in [-0.2, -0.15) is 4.99 Å². The average molecular weight is 489 g/mol. The first-order valence-corrected chi connectivity index (χ1v) is 11.3. The highest BCUT2D eigenvalue weighted by Crippen LogP contribution is 2.29. The Kier molecular flexibility index (Phi) is 6.36. The van der Waals surface area contributed by atoms with Crippen LogP contribution in [-0.4, -0.2) is 30.3 Å². The minimum absolute atomic E-state index is 0.187. The number of hydrogen-bond acceptors (Lipinski definition) is 5. The number of carbonyl (C=O) groups excluding carboxylic acids is 1. The van der Waals surface area contributed by atoms with Gasteiger partial charge in [-0.15, -0.1) is 0 Å². The van der Waals surface area contributed by atoms with Crippen LogP contribution in [0.2, 0.25) is 0 Å². The van der Waals surface area contributed by atoms with Crippen molar-refractivity contribution in [2.75, 3.05) is 19.8 Å². The molecule has 4 aromatic rings. The lowest BCUT2D eigenvalue weighted by Crippen LogP contribution is -2.19. The number of fused-ring (bicyclic) bond motifs is 2. The van der Waals surface area contributed by atoms with Gasteiger partial charge in [0.05, 0.1) is 23.4 Å². The Hall–Kier alpha value is -2.42. The maximum Gasteiger partial charge on any atom is 0.315 e. The number of furan rings is 1. The molecule has 2 aromatic carbocycles. The van der Waals surface area contributed by atoms with Crippen LogP contribution in [0.15, 0.2) is 56.3 Å². The number of amides is 1. The van der Waals surface area contributed by atoms with Crippen molar-refractivity contribution in [2.45, 2.75) is 20.4 Å². The second kappa shape index (κ2) is 9.16. The number of aromatic nitrogens is 1. The lowest BCUT2D eigenvalue weighted by molar-refractivity contribution is 0.0972. The molecular formula is C22H21BrN2O4S. The molecular weight excluding hydrogens is 468 g/mol. The molecule has 0 saturated carbocycles. The predicted molar refractivity (Wildman–Crippen MR) is 121 cm³/mol. The summed E-state index contributed by atoms with van der Waals surface area (Å²) in [6.07, 6.45) is 0. The van der Waals surface area contributed by atoms with Crippen LogP contribution in [0.25, 0.3) is 21.2 Å². The summed E-state index contributed by atoms with van der Waals surface area (Å²) >= 11 is 4.97. The summed E-state index contributed by atoms with van der Waals surface area (Å²) < 4.78 is 21.0. The molecule has 1 amide bonds. The number of ether oxygens (including phenoxy) is 2. The van der Waals surface area contributed by atoms with Crippen LogP contribution in [0.3, 0.4) is 0 Å². The van der Waals surface area contributed by atoms with E-state index in [2.05, 4.69) is 20.9 Å². The normalized spacial score (nSPS) is 12.2. The quantitative estimate of drug-likeness (QED) is 0.327. The fourth-order valence-electron chi connectivity index (χ4n) is 3.20. The molecule has 0 atom stereocenters. The van der Waals surface area contributed by atoms with Crippen molar-refractivity contribution in [1.82, 2.24) is 4.57 Å². The van der Waals surface area contributed by atoms with E-state index in [0.29, 0.717) is 42.5 Å². The lowest BCUT2D eigenvalue weighted by Gasteiger charge is -2.05. The highest BCUT2D eigenvalue weighted by Gasteiger charge is 2.16. The summed E-state index contributed by atoms with van der Waals surface area (Å²) in [5.41, 5.74) is 1.57. The number of halogens is 1. The third-order valence-corrected chi connectivity index (χ3v) is 6.06. The molecule has 6 nitrogen and oxygen atoms in total. The van der Waals surface area contributed by atoms with Gasteiger partial charge in [-0.05, 0) is 44.2 Å². The summed E-state index contributed by atoms with van der Waals surface area (Å²) in [5.74, 6) is 0.379. The zero-order valence-electron chi connectivity index (χ0n) is 16.7. The molecule has 156 valence electrons. The van der Waals surface area contributed by atoms with Crippen LogP contribution in [0.4, 0.5) is 0 Å². The highest BCUT2D eigenvalue weighted by molar-refractivity contribution is 9.10. The molecule has 0 aliphatic carbocycles. The minimum Gasteiger partial charge on any atom is -0.490 e. The Balaban J connectivity index is 1.76. The molecule has 0 saturated heterocycles. The Bertz CT molecular complexity index is 1270. The number of nitrogens with zero attached hydrogens (tertiary/aromatic N) is 2. The highest BCUT2D eigenvalue weighted by atomic mass is 79.9. The number of thiazole rings is 1. The predicted octanol–water partition coefficient (Wildman–Crippen LogP) is 5.39. The van der Waals surface area contributed by atoms with Gasteiger partial charge in [-0.1, -0.05) is 39.4 Å². The molecule has 0 spiro atoms. The second-order valence-electron chi connectivity index (χ2n) is 6.48. The Morgan fingerprint density at radius 2 is 2.07 bits per heavy atom. The van der Waals surface area contributed by atoms with Crippen molar-refractivity contribution in [3.05, 3.63) is 57.5 Å². The molecule has 0 radical (unpaired) electrons. The molecule has 2 heterocycles. The molecule has 0 fully saturated rings. The van der Waals surface area contributed by atoms with E-state index in [1.807, 2.05) is 54.8 Å². The lowest BCUT2D eigenvalue weighted by atomic mass is 10.2. The Morgan fingerprint density at radius 3 is 2.87 bits per heavy atom. The molecule has 0 unspecified atom stereocenters. The van der Waals surface area contributed by atoms with E-state index in [1.165, 1.54) is 11.3 Å². The van der Waals surface area contributed by atoms with E-state index in [1.54, 1.807) is 6.07 Å². The van der Waals surface area contributed by atoms with Gasteiger partial charge < -0.3 is 18.5 Å². The van der Waals surface area contributed by atoms with Gasteiger partial charge in [0.25, 0.3) is 0 Å². The Labute approximate surface area is 185 Å². The number of para-hydroxylation sites is 1. The van der Waals surface area contributed by atoms with Gasteiger partial charge in [0.15, 0.2) is 21.9 Å². The zero-order chi connectivity index (χ0) is 21.1. The van der Waals surface area contributed by atoms with Crippen LogP contribution in [0.5, 0.6) is 5.75 Å². The van der Waals surface area contributed by atoms with Crippen molar-refractivity contribution in [3.8, 4) is 5.75 Å². The molecule has 8 heteroatoms. The number of rotatable bonds is 7. The van der Waals surface area contributed by atoms with E-state index in [4.69, 9.17) is 13.9 Å². The van der Waals surface area contributed by atoms with E-state index in [0.717, 1.165) is 20.1 Å². The second-order valence-corrected chi connectivity index (χ2v) is 8.41. The van der Waals surface area contributed by atoms with Crippen molar-refractivity contribution in [3.63, 3.8) is 0 Å². The van der Waals surface area contributed by atoms with Crippen molar-refractivity contribution in [1.29, 1.82) is 0 Å². The van der Waals surface area contributed by atoms with Gasteiger partial charge >= 0.3 is 5.91 Å². The largest absolute Gasteiger partial charge is 0.490 e. The summed E-state index contributed by atoms with van der Waals surface area (Å²) in [6.45, 7) is 6.17. The SMILES string of the molecule is CCOCCn1c(=NC(=O)c2cc3cccc(OCC)c3o2)sc2cc(Br)ccc21. The van der Waals surface area contributed by atoms with Gasteiger partial charge in [-0.3, -0.25) is 4.79 Å². The summed E-state index contributed by atoms with van der Waals surface area (Å²) in [5, 5.41) is 0.809. The van der Waals surface area contributed by atoms with Crippen LogP contribution >= 0.6 is 27.3 Å². The molecule has 0 aliphatic rings. The molecule has 2 aromatic heterocycles. The maximum atomic E-state index is 12.9. The first-order chi connectivity index (χ1) is 14.6. The fourth-order valence-corrected chi connectivity index (χ4v) is 4.81. The van der Waals surface area contributed by atoms with Gasteiger partial charge in [-0.25, -0.2) is 0 Å². The van der Waals surface area contributed by atoms with Crippen molar-refractivity contribution in [2.24, 2.45) is 4.99 Å². The van der Waals surface area contributed by atoms with Gasteiger partial charge in [0.1, 0.15) is 0 Å². The van der Waals surface area contributed by atoms with Crippen molar-refractivity contribution >= 4 is 54.4 Å². The number of carbonyl (C=O) groups is 1. The zero-order valence-corrected chi connectivity index (χ0v) is 19.1. The standard InChI is InChI=1S/C22H21BrN2O4S/c1-3-27-11-10-25-16-9-8-15(23)13-19(16)30-22(25)24-21(26)18-12-14-6-5-7-17(28-4-2)20(14)29-18/h5-9,12-13H,3-4,10-11H2,1-2H3. The third-order valence-electron chi connectivity index (χ3n) is 4.52. The van der Waals surface area contributed by atoms with E-state index < -0.39 is 5.91 Å². The van der Waals surface area contributed by atoms with Gasteiger partial charge in [0, 0.05) is 23.0 Å². The van der Waals surface area contributed by atoms with Gasteiger partial charge in [0.2, 0.25) is 0 Å². The van der Waals surface area contributed by atoms with E-state index in [-0.39, 0.29) is 5.76 Å². The summed E-state index contributed by atoms with van der Waals surface area (Å²) in [6, 6.07) is 13.3. The first kappa shape index (κ1) is 20.8. The summed E-state index contributed by atoms with van der Waals surface area (Å²) in [7, 11) is 0. The fraction of sp³-hybridized carbons (Fsp3) is 0.273. The molecule has 0 bridgehead atoms. The molecule has 4 rings (SSSR count). The maximum absolute atomic E-state index is 12.9. The number of benzene rings is 2. The first-order valence-electron chi connectivity index (χ1n) is 9.71. The Morgan fingerprint density at radius 1 is 1.20 bits per heavy atom. The molecule has 0 aliphatic heterocycles. The van der Waals surface area contributed by atoms with Crippen molar-refractivity contribution < 1.29 is 18.7 Å². The van der Waals surface area contributed by atoms with Crippen LogP contribution in [0, 0.1) is 0 Å². The monoisotopic (exact) mass is 488 g/mol. The summed E-state index contributed by atoms with van der Waals surface area (Å²) in [4.78, 5) is 17.9. The van der Waals surface area contributed by atoms with Crippen LogP contribution in [-0.2, 0) is 11.3 Å². The topological polar surface area (TPSA) is 66.0 Å². The third kappa shape index (κ3) is 4.21. The molecule has 30 heavy (non-hydrogen) atoms. The smallest absolute Gasteiger partial charge is 0.315 e. The van der Waals surface area contributed by atoms with E-state index >= 15 is 0 Å². The van der Waals surface area contributed by atoms with Crippen LogP contribution in [0.1, 0.15) is 24.4 Å². The minimum atomic E-state index is -0.426. The van der Waals surface area contributed by atoms with E-state index in [9.17, 15) is 4.79 Å². The number of hydrogen-bond donors (Lipinski definition) is 0. The molecule has 0 N–H and O–H groups in total.